The molecule has 0 saturated heterocycles. The number of carbonyl (C=O) groups excluding carboxylic acids is 1. The molecule has 1 amide bonds. The number of nitrogens with zero attached hydrogens (tertiary/aromatic N) is 1. The third-order valence-electron chi connectivity index (χ3n) is 1.46. The fourth-order valence-corrected chi connectivity index (χ4v) is 1.12. The number of aliphatic hydroxyl groups is 1. The summed E-state index contributed by atoms with van der Waals surface area (Å²) in [5.41, 5.74) is 0.416. The van der Waals surface area contributed by atoms with E-state index in [1.165, 1.54) is 14.2 Å². The number of rotatable bonds is 4. The second-order valence-electron chi connectivity index (χ2n) is 2.45. The summed E-state index contributed by atoms with van der Waals surface area (Å²) < 4.78 is 0. The van der Waals surface area contributed by atoms with Crippen molar-refractivity contribution < 1.29 is 14.7 Å². The van der Waals surface area contributed by atoms with Gasteiger partial charge in [-0.25, -0.2) is 5.06 Å². The maximum atomic E-state index is 11.1. The Morgan fingerprint density at radius 2 is 2.08 bits per heavy atom. The van der Waals surface area contributed by atoms with E-state index < -0.39 is 0 Å². The molecule has 0 fully saturated rings. The van der Waals surface area contributed by atoms with Crippen molar-refractivity contribution in [2.45, 2.75) is 13.8 Å². The van der Waals surface area contributed by atoms with Gasteiger partial charge in [0.05, 0.1) is 15.8 Å². The Morgan fingerprint density at radius 1 is 1.54 bits per heavy atom. The molecule has 0 aliphatic heterocycles. The van der Waals surface area contributed by atoms with Crippen LogP contribution in [-0.2, 0) is 4.84 Å². The second-order valence-corrected chi connectivity index (χ2v) is 3.37. The standard InChI is InChI=1S/C7H15N2O3P/c1-5(6(2)10)8-13-7(11)9(3)12-4/h8,10,13H,1-4H3/b6-5-. The van der Waals surface area contributed by atoms with E-state index in [0.29, 0.717) is 5.70 Å². The van der Waals surface area contributed by atoms with Crippen LogP contribution >= 0.6 is 8.73 Å². The molecule has 0 aromatic heterocycles. The molecule has 76 valence electrons. The molecular formula is C7H15N2O3P. The zero-order valence-corrected chi connectivity index (χ0v) is 9.21. The largest absolute Gasteiger partial charge is 0.511 e. The van der Waals surface area contributed by atoms with Gasteiger partial charge in [-0.05, 0) is 13.8 Å². The lowest BCUT2D eigenvalue weighted by molar-refractivity contribution is -0.0551. The second kappa shape index (κ2) is 5.78. The number of hydrogen-bond acceptors (Lipinski definition) is 4. The van der Waals surface area contributed by atoms with E-state index in [0.717, 1.165) is 5.06 Å². The quantitative estimate of drug-likeness (QED) is 0.416. The zero-order chi connectivity index (χ0) is 10.4. The number of hydrogen-bond donors (Lipinski definition) is 2. The summed E-state index contributed by atoms with van der Waals surface area (Å²) in [5, 5.41) is 12.9. The summed E-state index contributed by atoms with van der Waals surface area (Å²) in [6.45, 7) is 3.25. The van der Waals surface area contributed by atoms with Gasteiger partial charge in [0.2, 0.25) is 0 Å². The molecule has 0 saturated carbocycles. The van der Waals surface area contributed by atoms with Crippen LogP contribution < -0.4 is 5.09 Å². The van der Waals surface area contributed by atoms with Crippen LogP contribution in [0.5, 0.6) is 0 Å². The fraction of sp³-hybridized carbons (Fsp3) is 0.571. The number of nitrogens with one attached hydrogen (secondary N) is 1. The van der Waals surface area contributed by atoms with Crippen molar-refractivity contribution in [3.05, 3.63) is 11.5 Å². The first-order chi connectivity index (χ1) is 5.99. The van der Waals surface area contributed by atoms with Gasteiger partial charge in [0.1, 0.15) is 5.76 Å². The molecule has 2 N–H and O–H groups in total. The maximum Gasteiger partial charge on any atom is 0.284 e. The molecule has 5 nitrogen and oxygen atoms in total. The summed E-state index contributed by atoms with van der Waals surface area (Å²) in [6, 6.07) is 0. The van der Waals surface area contributed by atoms with Gasteiger partial charge in [-0.2, -0.15) is 0 Å². The summed E-state index contributed by atoms with van der Waals surface area (Å²) in [7, 11) is 2.81. The van der Waals surface area contributed by atoms with Crippen molar-refractivity contribution in [2.24, 2.45) is 0 Å². The summed E-state index contributed by atoms with van der Waals surface area (Å²) in [5.74, 6) is 0.181. The maximum absolute atomic E-state index is 11.1. The van der Waals surface area contributed by atoms with E-state index in [4.69, 9.17) is 5.11 Å². The fourth-order valence-electron chi connectivity index (χ4n) is 0.399. The zero-order valence-electron chi connectivity index (χ0n) is 8.21. The minimum absolute atomic E-state index is 0.140. The van der Waals surface area contributed by atoms with Gasteiger partial charge in [-0.15, -0.1) is 0 Å². The Bertz CT molecular complexity index is 214. The monoisotopic (exact) mass is 206 g/mol. The van der Waals surface area contributed by atoms with E-state index >= 15 is 0 Å². The third-order valence-corrected chi connectivity index (χ3v) is 2.49. The molecule has 13 heavy (non-hydrogen) atoms. The van der Waals surface area contributed by atoms with E-state index in [9.17, 15) is 4.79 Å². The first-order valence-electron chi connectivity index (χ1n) is 3.69. The van der Waals surface area contributed by atoms with Crippen molar-refractivity contribution in [1.82, 2.24) is 10.2 Å². The van der Waals surface area contributed by atoms with Gasteiger partial charge in [0.25, 0.3) is 5.65 Å². The van der Waals surface area contributed by atoms with Crippen LogP contribution in [0, 0.1) is 0 Å². The SMILES string of the molecule is CON(C)C(=O)PN/C(C)=C(/C)O. The minimum Gasteiger partial charge on any atom is -0.511 e. The Hall–Kier alpha value is -0.800. The number of aliphatic hydroxyl groups excluding tert-OH is 1. The topological polar surface area (TPSA) is 61.8 Å². The van der Waals surface area contributed by atoms with Gasteiger partial charge in [-0.3, -0.25) is 9.63 Å². The Morgan fingerprint density at radius 3 is 2.46 bits per heavy atom. The van der Waals surface area contributed by atoms with Crippen molar-refractivity contribution in [3.8, 4) is 0 Å². The molecule has 0 radical (unpaired) electrons. The van der Waals surface area contributed by atoms with Crippen LogP contribution in [0.2, 0.25) is 0 Å². The smallest absolute Gasteiger partial charge is 0.284 e. The Labute approximate surface area is 79.5 Å². The highest BCUT2D eigenvalue weighted by Crippen LogP contribution is 2.13. The number of allylic oxidation sites excluding steroid dienone is 2. The highest BCUT2D eigenvalue weighted by atomic mass is 31.1. The highest BCUT2D eigenvalue weighted by molar-refractivity contribution is 7.55. The van der Waals surface area contributed by atoms with Gasteiger partial charge < -0.3 is 10.2 Å². The van der Waals surface area contributed by atoms with Crippen molar-refractivity contribution in [1.29, 1.82) is 0 Å². The van der Waals surface area contributed by atoms with E-state index in [-0.39, 0.29) is 20.1 Å². The molecule has 0 aliphatic carbocycles. The first-order valence-corrected chi connectivity index (χ1v) is 4.69. The van der Waals surface area contributed by atoms with E-state index in [1.807, 2.05) is 0 Å². The van der Waals surface area contributed by atoms with Crippen LogP contribution in [0.25, 0.3) is 0 Å². The lowest BCUT2D eigenvalue weighted by Crippen LogP contribution is -2.22. The van der Waals surface area contributed by atoms with Crippen molar-refractivity contribution >= 4 is 14.4 Å². The average molecular weight is 206 g/mol. The predicted octanol–water partition coefficient (Wildman–Crippen LogP) is 1.59. The van der Waals surface area contributed by atoms with Gasteiger partial charge in [0.15, 0.2) is 0 Å². The number of carbonyl (C=O) groups is 1. The molecule has 0 aromatic rings. The molecule has 0 heterocycles. The molecule has 6 heteroatoms. The molecule has 0 bridgehead atoms. The normalized spacial score (nSPS) is 12.9. The van der Waals surface area contributed by atoms with Crippen LogP contribution in [0.1, 0.15) is 13.8 Å². The van der Waals surface area contributed by atoms with Crippen LogP contribution in [0.15, 0.2) is 11.5 Å². The van der Waals surface area contributed by atoms with E-state index in [2.05, 4.69) is 9.92 Å². The predicted molar refractivity (Wildman–Crippen MR) is 52.6 cm³/mol. The third kappa shape index (κ3) is 4.70. The average Bonchev–Trinajstić information content (AvgIpc) is 2.11. The minimum atomic E-state index is -0.178. The van der Waals surface area contributed by atoms with Gasteiger partial charge in [-0.1, -0.05) is 0 Å². The van der Waals surface area contributed by atoms with Crippen LogP contribution in [-0.4, -0.2) is 30.0 Å². The Kier molecular flexibility index (Phi) is 5.42. The number of amides is 1. The summed E-state index contributed by atoms with van der Waals surface area (Å²) in [6.07, 6.45) is 0. The lowest BCUT2D eigenvalue weighted by atomic mass is 10.4. The van der Waals surface area contributed by atoms with Crippen molar-refractivity contribution in [3.63, 3.8) is 0 Å². The van der Waals surface area contributed by atoms with Gasteiger partial charge in [0, 0.05) is 12.7 Å². The Balaban J connectivity index is 3.91. The molecule has 1 atom stereocenters. The lowest BCUT2D eigenvalue weighted by Gasteiger charge is -2.14. The van der Waals surface area contributed by atoms with Crippen LogP contribution in [0.3, 0.4) is 0 Å². The first kappa shape index (κ1) is 12.2. The van der Waals surface area contributed by atoms with Crippen LogP contribution in [0.4, 0.5) is 4.79 Å². The highest BCUT2D eigenvalue weighted by Gasteiger charge is 2.07. The van der Waals surface area contributed by atoms with Crippen molar-refractivity contribution in [2.75, 3.05) is 14.2 Å². The molecule has 0 spiro atoms. The molecule has 1 unspecified atom stereocenters. The van der Waals surface area contributed by atoms with E-state index in [1.54, 1.807) is 13.8 Å². The molecular weight excluding hydrogens is 191 g/mol. The molecule has 0 aromatic carbocycles. The summed E-state index contributed by atoms with van der Waals surface area (Å²) >= 11 is 0. The number of hydroxylamine groups is 2. The summed E-state index contributed by atoms with van der Waals surface area (Å²) in [4.78, 5) is 15.8. The molecule has 0 aliphatic rings. The molecule has 0 rings (SSSR count). The van der Waals surface area contributed by atoms with Gasteiger partial charge >= 0.3 is 0 Å².